The molecule has 0 atom stereocenters. The van der Waals surface area contributed by atoms with E-state index in [2.05, 4.69) is 4.72 Å². The minimum atomic E-state index is -3.75. The molecule has 0 saturated heterocycles. The van der Waals surface area contributed by atoms with E-state index < -0.39 is 10.0 Å². The fourth-order valence-corrected chi connectivity index (χ4v) is 5.17. The normalized spacial score (nSPS) is 11.6. The lowest BCUT2D eigenvalue weighted by molar-refractivity contribution is 0.601. The summed E-state index contributed by atoms with van der Waals surface area (Å²) in [6.45, 7) is 0.326. The number of thiazole rings is 1. The number of para-hydroxylation sites is 1. The molecule has 0 bridgehead atoms. The van der Waals surface area contributed by atoms with E-state index in [9.17, 15) is 13.2 Å². The predicted molar refractivity (Wildman–Crippen MR) is 114 cm³/mol. The average Bonchev–Trinajstić information content (AvgIpc) is 2.98. The molecule has 0 amide bonds. The molecule has 8 heteroatoms. The molecule has 0 aliphatic carbocycles. The van der Waals surface area contributed by atoms with Crippen molar-refractivity contribution >= 4 is 48.9 Å². The molecule has 0 aliphatic rings. The summed E-state index contributed by atoms with van der Waals surface area (Å²) in [6, 6.07) is 20.7. The van der Waals surface area contributed by atoms with Crippen LogP contribution in [0.3, 0.4) is 0 Å². The summed E-state index contributed by atoms with van der Waals surface area (Å²) in [5.74, 6) is 0. The summed E-state index contributed by atoms with van der Waals surface area (Å²) in [4.78, 5) is 12.4. The van der Waals surface area contributed by atoms with E-state index in [1.165, 1.54) is 12.1 Å². The Kier molecular flexibility index (Phi) is 4.97. The van der Waals surface area contributed by atoms with Crippen LogP contribution in [0, 0.1) is 0 Å². The first kappa shape index (κ1) is 18.7. The van der Waals surface area contributed by atoms with Crippen LogP contribution in [0.5, 0.6) is 0 Å². The topological polar surface area (TPSA) is 68.2 Å². The number of anilines is 1. The molecule has 0 fully saturated rings. The molecule has 1 aromatic heterocycles. The number of rotatable bonds is 5. The van der Waals surface area contributed by atoms with Crippen LogP contribution in [-0.4, -0.2) is 13.0 Å². The van der Waals surface area contributed by atoms with E-state index in [1.807, 2.05) is 24.3 Å². The third-order valence-electron chi connectivity index (χ3n) is 4.26. The zero-order valence-electron chi connectivity index (χ0n) is 14.5. The third-order valence-corrected chi connectivity index (χ3v) is 6.95. The number of hydrogen-bond donors (Lipinski definition) is 1. The standard InChI is InChI=1S/C20H15ClN2O3S2/c21-17-9-5-4-6-14(17)13-23-18-11-10-16(12-19(18)27-20(23)24)28(25,26)22-15-7-2-1-3-8-15/h1-12,22H,13H2. The SMILES string of the molecule is O=c1sc2cc(S(=O)(=O)Nc3ccccc3)ccc2n1Cc1ccccc1Cl. The quantitative estimate of drug-likeness (QED) is 0.504. The van der Waals surface area contributed by atoms with Crippen LogP contribution in [0.4, 0.5) is 5.69 Å². The highest BCUT2D eigenvalue weighted by Gasteiger charge is 2.17. The van der Waals surface area contributed by atoms with Crippen molar-refractivity contribution in [2.45, 2.75) is 11.4 Å². The van der Waals surface area contributed by atoms with Crippen LogP contribution in [0.2, 0.25) is 5.02 Å². The molecule has 4 aromatic rings. The summed E-state index contributed by atoms with van der Waals surface area (Å²) < 4.78 is 30.1. The number of benzene rings is 3. The second kappa shape index (κ2) is 7.43. The zero-order chi connectivity index (χ0) is 19.7. The van der Waals surface area contributed by atoms with Crippen molar-refractivity contribution in [3.8, 4) is 0 Å². The van der Waals surface area contributed by atoms with Gasteiger partial charge in [-0.3, -0.25) is 14.1 Å². The van der Waals surface area contributed by atoms with Crippen molar-refractivity contribution in [3.05, 3.63) is 93.0 Å². The molecular formula is C20H15ClN2O3S2. The second-order valence-corrected chi connectivity index (χ2v) is 9.23. The van der Waals surface area contributed by atoms with Gasteiger partial charge in [0.2, 0.25) is 0 Å². The van der Waals surface area contributed by atoms with Gasteiger partial charge in [0.05, 0.1) is 21.7 Å². The Morgan fingerprint density at radius 3 is 2.43 bits per heavy atom. The lowest BCUT2D eigenvalue weighted by atomic mass is 10.2. The first-order chi connectivity index (χ1) is 13.4. The maximum absolute atomic E-state index is 12.7. The Bertz CT molecular complexity index is 1310. The molecule has 0 spiro atoms. The molecule has 3 aromatic carbocycles. The Labute approximate surface area is 170 Å². The van der Waals surface area contributed by atoms with Crippen LogP contribution in [0.15, 0.2) is 82.5 Å². The molecule has 0 aliphatic heterocycles. The van der Waals surface area contributed by atoms with Gasteiger partial charge < -0.3 is 0 Å². The number of hydrogen-bond acceptors (Lipinski definition) is 4. The Morgan fingerprint density at radius 1 is 0.964 bits per heavy atom. The molecule has 1 heterocycles. The highest BCUT2D eigenvalue weighted by Crippen LogP contribution is 2.25. The van der Waals surface area contributed by atoms with E-state index in [0.717, 1.165) is 16.9 Å². The number of nitrogens with zero attached hydrogens (tertiary/aromatic N) is 1. The fraction of sp³-hybridized carbons (Fsp3) is 0.0500. The largest absolute Gasteiger partial charge is 0.308 e. The van der Waals surface area contributed by atoms with E-state index >= 15 is 0 Å². The number of aromatic nitrogens is 1. The third kappa shape index (κ3) is 3.69. The van der Waals surface area contributed by atoms with Crippen molar-refractivity contribution in [2.24, 2.45) is 0 Å². The van der Waals surface area contributed by atoms with Crippen molar-refractivity contribution in [2.75, 3.05) is 4.72 Å². The van der Waals surface area contributed by atoms with Gasteiger partial charge in [-0.2, -0.15) is 0 Å². The number of halogens is 1. The first-order valence-corrected chi connectivity index (χ1v) is 11.1. The van der Waals surface area contributed by atoms with Gasteiger partial charge in [-0.25, -0.2) is 8.42 Å². The highest BCUT2D eigenvalue weighted by atomic mass is 35.5. The maximum atomic E-state index is 12.7. The summed E-state index contributed by atoms with van der Waals surface area (Å²) in [5, 5.41) is 0.583. The number of sulfonamides is 1. The van der Waals surface area contributed by atoms with Gasteiger partial charge in [-0.1, -0.05) is 59.3 Å². The molecule has 0 saturated carbocycles. The maximum Gasteiger partial charge on any atom is 0.308 e. The van der Waals surface area contributed by atoms with E-state index in [0.29, 0.717) is 27.5 Å². The first-order valence-electron chi connectivity index (χ1n) is 8.39. The van der Waals surface area contributed by atoms with E-state index in [1.54, 1.807) is 41.0 Å². The highest BCUT2D eigenvalue weighted by molar-refractivity contribution is 7.92. The monoisotopic (exact) mass is 430 g/mol. The Balaban J connectivity index is 1.71. The van der Waals surface area contributed by atoms with Crippen molar-refractivity contribution < 1.29 is 8.42 Å². The molecule has 0 radical (unpaired) electrons. The van der Waals surface area contributed by atoms with Gasteiger partial charge in [-0.15, -0.1) is 0 Å². The lowest BCUT2D eigenvalue weighted by Crippen LogP contribution is -2.14. The van der Waals surface area contributed by atoms with Crippen LogP contribution in [0.25, 0.3) is 10.2 Å². The summed E-state index contributed by atoms with van der Waals surface area (Å²) in [7, 11) is -3.75. The molecule has 5 nitrogen and oxygen atoms in total. The molecule has 142 valence electrons. The lowest BCUT2D eigenvalue weighted by Gasteiger charge is -2.09. The van der Waals surface area contributed by atoms with Crippen LogP contribution in [0.1, 0.15) is 5.56 Å². The summed E-state index contributed by atoms with van der Waals surface area (Å²) in [5.41, 5.74) is 1.98. The molecule has 1 N–H and O–H groups in total. The smallest absolute Gasteiger partial charge is 0.294 e. The minimum absolute atomic E-state index is 0.106. The number of nitrogens with one attached hydrogen (secondary N) is 1. The van der Waals surface area contributed by atoms with Crippen LogP contribution >= 0.6 is 22.9 Å². The fourth-order valence-electron chi connectivity index (χ4n) is 2.88. The Morgan fingerprint density at radius 2 is 1.68 bits per heavy atom. The summed E-state index contributed by atoms with van der Waals surface area (Å²) in [6.07, 6.45) is 0. The minimum Gasteiger partial charge on any atom is -0.294 e. The van der Waals surface area contributed by atoms with Gasteiger partial charge in [0.25, 0.3) is 10.0 Å². The van der Waals surface area contributed by atoms with Gasteiger partial charge >= 0.3 is 4.87 Å². The Hall–Kier alpha value is -2.61. The zero-order valence-corrected chi connectivity index (χ0v) is 16.9. The van der Waals surface area contributed by atoms with Gasteiger partial charge in [0, 0.05) is 10.7 Å². The van der Waals surface area contributed by atoms with Crippen LogP contribution < -0.4 is 9.60 Å². The second-order valence-electron chi connectivity index (χ2n) is 6.15. The van der Waals surface area contributed by atoms with Gasteiger partial charge in [0.15, 0.2) is 0 Å². The summed E-state index contributed by atoms with van der Waals surface area (Å²) >= 11 is 7.22. The van der Waals surface area contributed by atoms with Gasteiger partial charge in [0.1, 0.15) is 0 Å². The predicted octanol–water partition coefficient (Wildman–Crippen LogP) is 4.57. The van der Waals surface area contributed by atoms with Crippen LogP contribution in [-0.2, 0) is 16.6 Å². The average molecular weight is 431 g/mol. The molecule has 4 rings (SSSR count). The molecule has 28 heavy (non-hydrogen) atoms. The molecular weight excluding hydrogens is 416 g/mol. The molecule has 0 unspecified atom stereocenters. The van der Waals surface area contributed by atoms with Gasteiger partial charge in [-0.05, 0) is 42.0 Å². The van der Waals surface area contributed by atoms with Crippen molar-refractivity contribution in [3.63, 3.8) is 0 Å². The van der Waals surface area contributed by atoms with Crippen molar-refractivity contribution in [1.82, 2.24) is 4.57 Å². The van der Waals surface area contributed by atoms with E-state index in [-0.39, 0.29) is 9.77 Å². The number of fused-ring (bicyclic) bond motifs is 1. The van der Waals surface area contributed by atoms with E-state index in [4.69, 9.17) is 11.6 Å². The van der Waals surface area contributed by atoms with Crippen molar-refractivity contribution in [1.29, 1.82) is 0 Å².